The first kappa shape index (κ1) is 18.9. The van der Waals surface area contributed by atoms with Crippen LogP contribution < -0.4 is 4.90 Å². The van der Waals surface area contributed by atoms with Crippen LogP contribution in [0.5, 0.6) is 0 Å². The highest BCUT2D eigenvalue weighted by atomic mass is 35.5. The maximum absolute atomic E-state index is 13.0. The Hall–Kier alpha value is -3.44. The Balaban J connectivity index is 1.94. The SMILES string of the molecule is Cc1cccc(N2C(=O)C(=O)/C(=C(/O)c3ccc(Cl)cc3)C2c2ccccn2)c1. The number of carbonyl (C=O) groups is 2. The molecule has 1 saturated heterocycles. The molecule has 29 heavy (non-hydrogen) atoms. The Morgan fingerprint density at radius 1 is 1.03 bits per heavy atom. The van der Waals surface area contributed by atoms with Crippen molar-refractivity contribution in [1.29, 1.82) is 0 Å². The van der Waals surface area contributed by atoms with Gasteiger partial charge in [0, 0.05) is 22.5 Å². The molecule has 1 aliphatic heterocycles. The molecular weight excluding hydrogens is 388 g/mol. The summed E-state index contributed by atoms with van der Waals surface area (Å²) >= 11 is 5.93. The Labute approximate surface area is 172 Å². The molecule has 1 aromatic heterocycles. The van der Waals surface area contributed by atoms with E-state index in [0.717, 1.165) is 5.56 Å². The Kier molecular flexibility index (Phi) is 4.91. The largest absolute Gasteiger partial charge is 0.507 e. The van der Waals surface area contributed by atoms with Crippen molar-refractivity contribution in [3.63, 3.8) is 0 Å². The van der Waals surface area contributed by atoms with Gasteiger partial charge in [0.2, 0.25) is 0 Å². The second kappa shape index (κ2) is 7.53. The average Bonchev–Trinajstić information content (AvgIpc) is 2.99. The Morgan fingerprint density at radius 3 is 2.45 bits per heavy atom. The van der Waals surface area contributed by atoms with E-state index in [1.807, 2.05) is 25.1 Å². The monoisotopic (exact) mass is 404 g/mol. The first-order valence-electron chi connectivity index (χ1n) is 9.02. The number of amides is 1. The molecule has 1 atom stereocenters. The number of pyridine rings is 1. The van der Waals surface area contributed by atoms with Crippen LogP contribution in [0.4, 0.5) is 5.69 Å². The number of Topliss-reactive ketones (excluding diaryl/α,β-unsaturated/α-hetero) is 1. The van der Waals surface area contributed by atoms with Crippen molar-refractivity contribution in [2.75, 3.05) is 4.90 Å². The van der Waals surface area contributed by atoms with Gasteiger partial charge in [-0.05, 0) is 61.0 Å². The maximum Gasteiger partial charge on any atom is 0.300 e. The second-order valence-corrected chi connectivity index (χ2v) is 7.21. The third-order valence-electron chi connectivity index (χ3n) is 4.81. The van der Waals surface area contributed by atoms with Gasteiger partial charge in [0.1, 0.15) is 11.8 Å². The van der Waals surface area contributed by atoms with Gasteiger partial charge in [0.25, 0.3) is 11.7 Å². The topological polar surface area (TPSA) is 70.5 Å². The molecule has 1 fully saturated rings. The quantitative estimate of drug-likeness (QED) is 0.391. The summed E-state index contributed by atoms with van der Waals surface area (Å²) in [6, 6.07) is 18.2. The number of aliphatic hydroxyl groups excluding tert-OH is 1. The predicted molar refractivity (Wildman–Crippen MR) is 112 cm³/mol. The number of benzene rings is 2. The second-order valence-electron chi connectivity index (χ2n) is 6.77. The first-order valence-corrected chi connectivity index (χ1v) is 9.39. The number of carbonyl (C=O) groups excluding carboxylic acids is 2. The summed E-state index contributed by atoms with van der Waals surface area (Å²) in [6.07, 6.45) is 1.59. The number of aliphatic hydroxyl groups is 1. The third-order valence-corrected chi connectivity index (χ3v) is 5.06. The molecule has 0 spiro atoms. The van der Waals surface area contributed by atoms with Gasteiger partial charge in [-0.1, -0.05) is 29.8 Å². The van der Waals surface area contributed by atoms with E-state index in [1.54, 1.807) is 54.7 Å². The highest BCUT2D eigenvalue weighted by molar-refractivity contribution is 6.51. The van der Waals surface area contributed by atoms with Gasteiger partial charge in [-0.3, -0.25) is 19.5 Å². The molecule has 1 unspecified atom stereocenters. The number of anilines is 1. The van der Waals surface area contributed by atoms with Crippen LogP contribution in [0.15, 0.2) is 78.5 Å². The van der Waals surface area contributed by atoms with Crippen LogP contribution >= 0.6 is 11.6 Å². The standard InChI is InChI=1S/C23H17ClN2O3/c1-14-5-4-6-17(13-14)26-20(18-7-2-3-12-25-18)19(22(28)23(26)29)21(27)15-8-10-16(24)11-9-15/h2-13,20,27H,1H3/b21-19+. The number of aromatic nitrogens is 1. The molecule has 1 amide bonds. The van der Waals surface area contributed by atoms with Gasteiger partial charge in [0.15, 0.2) is 0 Å². The number of aryl methyl sites for hydroxylation is 1. The molecule has 6 heteroatoms. The molecule has 144 valence electrons. The minimum absolute atomic E-state index is 0.00229. The van der Waals surface area contributed by atoms with Crippen molar-refractivity contribution in [1.82, 2.24) is 4.98 Å². The normalized spacial score (nSPS) is 18.3. The molecule has 0 saturated carbocycles. The van der Waals surface area contributed by atoms with E-state index in [4.69, 9.17) is 11.6 Å². The number of rotatable bonds is 3. The van der Waals surface area contributed by atoms with Gasteiger partial charge < -0.3 is 5.11 Å². The molecule has 4 rings (SSSR count). The fraction of sp³-hybridized carbons (Fsp3) is 0.0870. The summed E-state index contributed by atoms with van der Waals surface area (Å²) in [6.45, 7) is 1.91. The molecule has 1 aliphatic rings. The van der Waals surface area contributed by atoms with E-state index in [-0.39, 0.29) is 11.3 Å². The van der Waals surface area contributed by atoms with E-state index in [1.165, 1.54) is 4.90 Å². The molecule has 2 heterocycles. The predicted octanol–water partition coefficient (Wildman–Crippen LogP) is 4.67. The molecule has 0 radical (unpaired) electrons. The zero-order valence-corrected chi connectivity index (χ0v) is 16.3. The smallest absolute Gasteiger partial charge is 0.300 e. The summed E-state index contributed by atoms with van der Waals surface area (Å²) in [5.74, 6) is -1.72. The van der Waals surface area contributed by atoms with Crippen LogP contribution in [-0.4, -0.2) is 21.8 Å². The zero-order chi connectivity index (χ0) is 20.5. The number of nitrogens with zero attached hydrogens (tertiary/aromatic N) is 2. The highest BCUT2D eigenvalue weighted by Gasteiger charge is 2.47. The van der Waals surface area contributed by atoms with Gasteiger partial charge in [-0.15, -0.1) is 0 Å². The fourth-order valence-corrected chi connectivity index (χ4v) is 3.58. The van der Waals surface area contributed by atoms with Crippen LogP contribution in [0.2, 0.25) is 5.02 Å². The molecule has 5 nitrogen and oxygen atoms in total. The molecule has 0 bridgehead atoms. The van der Waals surface area contributed by atoms with Gasteiger partial charge in [-0.2, -0.15) is 0 Å². The fourth-order valence-electron chi connectivity index (χ4n) is 3.46. The van der Waals surface area contributed by atoms with Crippen LogP contribution in [0.3, 0.4) is 0 Å². The van der Waals surface area contributed by atoms with Crippen LogP contribution in [-0.2, 0) is 9.59 Å². The Morgan fingerprint density at radius 2 is 1.79 bits per heavy atom. The van der Waals surface area contributed by atoms with Gasteiger partial charge in [0.05, 0.1) is 11.3 Å². The lowest BCUT2D eigenvalue weighted by molar-refractivity contribution is -0.132. The minimum atomic E-state index is -0.839. The molecule has 1 N–H and O–H groups in total. The van der Waals surface area contributed by atoms with E-state index >= 15 is 0 Å². The van der Waals surface area contributed by atoms with Gasteiger partial charge >= 0.3 is 0 Å². The lowest BCUT2D eigenvalue weighted by Gasteiger charge is -2.24. The lowest BCUT2D eigenvalue weighted by atomic mass is 9.98. The highest BCUT2D eigenvalue weighted by Crippen LogP contribution is 2.41. The van der Waals surface area contributed by atoms with E-state index in [2.05, 4.69) is 4.98 Å². The van der Waals surface area contributed by atoms with Crippen LogP contribution in [0, 0.1) is 6.92 Å². The third kappa shape index (κ3) is 3.41. The van der Waals surface area contributed by atoms with E-state index in [0.29, 0.717) is 22.0 Å². The molecule has 2 aromatic carbocycles. The summed E-state index contributed by atoms with van der Waals surface area (Å²) in [4.78, 5) is 31.7. The van der Waals surface area contributed by atoms with Crippen molar-refractivity contribution < 1.29 is 14.7 Å². The van der Waals surface area contributed by atoms with Crippen molar-refractivity contribution in [3.05, 3.63) is 100 Å². The number of hydrogen-bond acceptors (Lipinski definition) is 4. The summed E-state index contributed by atoms with van der Waals surface area (Å²) in [5.41, 5.74) is 2.40. The van der Waals surface area contributed by atoms with Crippen LogP contribution in [0.25, 0.3) is 5.76 Å². The van der Waals surface area contributed by atoms with E-state index < -0.39 is 17.7 Å². The van der Waals surface area contributed by atoms with Crippen molar-refractivity contribution in [2.24, 2.45) is 0 Å². The molecular formula is C23H17ClN2O3. The van der Waals surface area contributed by atoms with E-state index in [9.17, 15) is 14.7 Å². The maximum atomic E-state index is 13.0. The summed E-state index contributed by atoms with van der Waals surface area (Å²) in [7, 11) is 0. The average molecular weight is 405 g/mol. The van der Waals surface area contributed by atoms with Crippen molar-refractivity contribution in [3.8, 4) is 0 Å². The number of ketones is 1. The summed E-state index contributed by atoms with van der Waals surface area (Å²) in [5, 5.41) is 11.5. The number of hydrogen-bond donors (Lipinski definition) is 1. The first-order chi connectivity index (χ1) is 14.0. The van der Waals surface area contributed by atoms with Crippen molar-refractivity contribution in [2.45, 2.75) is 13.0 Å². The summed E-state index contributed by atoms with van der Waals surface area (Å²) < 4.78 is 0. The number of halogens is 1. The zero-order valence-electron chi connectivity index (χ0n) is 15.5. The van der Waals surface area contributed by atoms with Crippen molar-refractivity contribution >= 4 is 34.7 Å². The van der Waals surface area contributed by atoms with Gasteiger partial charge in [-0.25, -0.2) is 0 Å². The molecule has 3 aromatic rings. The lowest BCUT2D eigenvalue weighted by Crippen LogP contribution is -2.29. The minimum Gasteiger partial charge on any atom is -0.507 e. The van der Waals surface area contributed by atoms with Crippen LogP contribution in [0.1, 0.15) is 22.9 Å². The molecule has 0 aliphatic carbocycles. The Bertz CT molecular complexity index is 1120.